The molecular weight excluding hydrogens is 506 g/mol. The highest BCUT2D eigenvalue weighted by atomic mass is 35.5. The van der Waals surface area contributed by atoms with Crippen molar-refractivity contribution in [2.24, 2.45) is 0 Å². The molecule has 2 aromatic carbocycles. The van der Waals surface area contributed by atoms with Crippen molar-refractivity contribution in [1.29, 1.82) is 0 Å². The number of nitrogens with one attached hydrogen (secondary N) is 2. The zero-order valence-electron chi connectivity index (χ0n) is 20.7. The van der Waals surface area contributed by atoms with E-state index in [1.807, 2.05) is 36.4 Å². The summed E-state index contributed by atoms with van der Waals surface area (Å²) in [4.78, 5) is 36.6. The van der Waals surface area contributed by atoms with Crippen LogP contribution in [0.3, 0.4) is 0 Å². The van der Waals surface area contributed by atoms with Crippen LogP contribution in [-0.4, -0.2) is 63.7 Å². The van der Waals surface area contributed by atoms with E-state index in [9.17, 15) is 14.7 Å². The number of ether oxygens (including phenoxy) is 1. The Morgan fingerprint density at radius 2 is 1.97 bits per heavy atom. The summed E-state index contributed by atoms with van der Waals surface area (Å²) in [6.07, 6.45) is 3.13. The molecule has 0 bridgehead atoms. The summed E-state index contributed by atoms with van der Waals surface area (Å²) in [5.74, 6) is -0.0537. The Labute approximate surface area is 225 Å². The van der Waals surface area contributed by atoms with Gasteiger partial charge in [-0.2, -0.15) is 0 Å². The minimum absolute atomic E-state index is 0.0956. The molecule has 1 fully saturated rings. The number of rotatable bonds is 6. The summed E-state index contributed by atoms with van der Waals surface area (Å²) in [5.41, 5.74) is 4.55. The second kappa shape index (κ2) is 10.3. The van der Waals surface area contributed by atoms with Crippen LogP contribution in [0, 0.1) is 0 Å². The molecule has 2 amide bonds. The average molecular weight is 534 g/mol. The Bertz CT molecular complexity index is 1390. The lowest BCUT2D eigenvalue weighted by Crippen LogP contribution is -2.41. The quantitative estimate of drug-likeness (QED) is 0.446. The molecule has 3 N–H and O–H groups in total. The van der Waals surface area contributed by atoms with E-state index in [4.69, 9.17) is 16.3 Å². The minimum Gasteiger partial charge on any atom is -0.390 e. The lowest BCUT2D eigenvalue weighted by Gasteiger charge is -2.23. The number of aliphatic hydroxyl groups is 1. The molecule has 3 aliphatic rings. The Hall–Kier alpha value is -3.53. The lowest BCUT2D eigenvalue weighted by molar-refractivity contribution is -0.123. The van der Waals surface area contributed by atoms with Gasteiger partial charge in [0.05, 0.1) is 29.1 Å². The average Bonchev–Trinajstić information content (AvgIpc) is 3.40. The Morgan fingerprint density at radius 1 is 1.16 bits per heavy atom. The smallest absolute Gasteiger partial charge is 0.254 e. The first-order chi connectivity index (χ1) is 18.5. The second-order valence-electron chi connectivity index (χ2n) is 9.97. The molecule has 2 atom stereocenters. The predicted molar refractivity (Wildman–Crippen MR) is 142 cm³/mol. The van der Waals surface area contributed by atoms with E-state index in [2.05, 4.69) is 20.6 Å². The van der Waals surface area contributed by atoms with Crippen LogP contribution in [0.15, 0.2) is 48.7 Å². The number of hydrogen-bond acceptors (Lipinski definition) is 7. The first kappa shape index (κ1) is 24.8. The van der Waals surface area contributed by atoms with Gasteiger partial charge in [-0.05, 0) is 35.6 Å². The van der Waals surface area contributed by atoms with Crippen molar-refractivity contribution in [1.82, 2.24) is 20.2 Å². The third-order valence-electron chi connectivity index (χ3n) is 7.42. The molecule has 3 heterocycles. The molecule has 10 heteroatoms. The normalized spacial score (nSPS) is 20.8. The van der Waals surface area contributed by atoms with E-state index in [1.54, 1.807) is 12.3 Å². The first-order valence-corrected chi connectivity index (χ1v) is 13.2. The summed E-state index contributed by atoms with van der Waals surface area (Å²) in [7, 11) is 0. The summed E-state index contributed by atoms with van der Waals surface area (Å²) in [5, 5.41) is 17.1. The fraction of sp³-hybridized carbons (Fsp3) is 0.357. The van der Waals surface area contributed by atoms with Crippen LogP contribution in [0.1, 0.15) is 45.9 Å². The van der Waals surface area contributed by atoms with E-state index in [0.717, 1.165) is 29.5 Å². The van der Waals surface area contributed by atoms with E-state index in [0.29, 0.717) is 54.0 Å². The fourth-order valence-electron chi connectivity index (χ4n) is 5.44. The van der Waals surface area contributed by atoms with Crippen molar-refractivity contribution >= 4 is 29.4 Å². The van der Waals surface area contributed by atoms with Crippen LogP contribution in [0.5, 0.6) is 0 Å². The number of fused-ring (bicyclic) bond motifs is 2. The van der Waals surface area contributed by atoms with Crippen molar-refractivity contribution in [2.75, 3.05) is 25.1 Å². The van der Waals surface area contributed by atoms with Gasteiger partial charge in [-0.3, -0.25) is 9.59 Å². The zero-order chi connectivity index (χ0) is 26.2. The number of halogens is 1. The molecule has 1 saturated heterocycles. The number of carbonyl (C=O) groups is 2. The molecule has 0 radical (unpaired) electrons. The van der Waals surface area contributed by atoms with E-state index in [-0.39, 0.29) is 24.4 Å². The molecule has 0 spiro atoms. The SMILES string of the molecule is O=C(CN1Cc2ccc(-c3nc(NC4CCOCC4)ncc3Cl)cc2C1=O)NC1c2ccccc2C[C@H]1O. The van der Waals surface area contributed by atoms with E-state index >= 15 is 0 Å². The van der Waals surface area contributed by atoms with Gasteiger partial charge in [-0.1, -0.05) is 48.0 Å². The molecule has 38 heavy (non-hydrogen) atoms. The highest BCUT2D eigenvalue weighted by molar-refractivity contribution is 6.33. The summed E-state index contributed by atoms with van der Waals surface area (Å²) in [6, 6.07) is 13.0. The third kappa shape index (κ3) is 4.84. The van der Waals surface area contributed by atoms with Crippen molar-refractivity contribution in [3.8, 4) is 11.3 Å². The summed E-state index contributed by atoms with van der Waals surface area (Å²) < 4.78 is 5.41. The monoisotopic (exact) mass is 533 g/mol. The molecule has 2 aliphatic heterocycles. The van der Waals surface area contributed by atoms with Crippen molar-refractivity contribution < 1.29 is 19.4 Å². The van der Waals surface area contributed by atoms with E-state index < -0.39 is 12.1 Å². The maximum absolute atomic E-state index is 13.2. The van der Waals surface area contributed by atoms with Crippen LogP contribution < -0.4 is 10.6 Å². The van der Waals surface area contributed by atoms with Gasteiger partial charge in [0, 0.05) is 43.3 Å². The van der Waals surface area contributed by atoms with Crippen molar-refractivity contribution in [3.05, 3.63) is 75.9 Å². The van der Waals surface area contributed by atoms with Gasteiger partial charge in [0.15, 0.2) is 0 Å². The van der Waals surface area contributed by atoms with Crippen LogP contribution in [-0.2, 0) is 22.5 Å². The first-order valence-electron chi connectivity index (χ1n) is 12.8. The number of anilines is 1. The van der Waals surface area contributed by atoms with Gasteiger partial charge in [-0.15, -0.1) is 0 Å². The summed E-state index contributed by atoms with van der Waals surface area (Å²) in [6.45, 7) is 1.64. The molecule has 9 nitrogen and oxygen atoms in total. The second-order valence-corrected chi connectivity index (χ2v) is 10.4. The van der Waals surface area contributed by atoms with Crippen LogP contribution in [0.25, 0.3) is 11.3 Å². The minimum atomic E-state index is -0.686. The maximum atomic E-state index is 13.2. The molecule has 1 aromatic heterocycles. The molecule has 1 unspecified atom stereocenters. The number of amides is 2. The number of aliphatic hydroxyl groups excluding tert-OH is 1. The fourth-order valence-corrected chi connectivity index (χ4v) is 5.64. The Morgan fingerprint density at radius 3 is 2.82 bits per heavy atom. The van der Waals surface area contributed by atoms with Crippen LogP contribution >= 0.6 is 11.6 Å². The van der Waals surface area contributed by atoms with Gasteiger partial charge in [0.2, 0.25) is 11.9 Å². The number of aromatic nitrogens is 2. The van der Waals surface area contributed by atoms with Gasteiger partial charge in [-0.25, -0.2) is 9.97 Å². The van der Waals surface area contributed by atoms with Crippen molar-refractivity contribution in [2.45, 2.75) is 44.0 Å². The molecule has 3 aromatic rings. The standard InChI is InChI=1S/C28H28ClN5O4/c29-22-13-30-28(31-19-7-9-38-10-8-19)33-25(22)17-5-6-18-14-34(27(37)21(18)11-17)15-24(36)32-26-20-4-2-1-3-16(20)12-23(26)35/h1-6,11,13,19,23,26,35H,7-10,12,14-15H2,(H,32,36)(H,30,31,33)/t23-,26?/m1/s1. The van der Waals surface area contributed by atoms with Gasteiger partial charge in [0.1, 0.15) is 6.54 Å². The Balaban J connectivity index is 1.15. The highest BCUT2D eigenvalue weighted by Gasteiger charge is 2.34. The topological polar surface area (TPSA) is 117 Å². The number of nitrogens with zero attached hydrogens (tertiary/aromatic N) is 3. The molecule has 0 saturated carbocycles. The van der Waals surface area contributed by atoms with Gasteiger partial charge < -0.3 is 25.4 Å². The Kier molecular flexibility index (Phi) is 6.73. The van der Waals surface area contributed by atoms with Crippen LogP contribution in [0.2, 0.25) is 5.02 Å². The molecule has 6 rings (SSSR count). The van der Waals surface area contributed by atoms with Crippen LogP contribution in [0.4, 0.5) is 5.95 Å². The van der Waals surface area contributed by atoms with E-state index in [1.165, 1.54) is 4.90 Å². The summed E-state index contributed by atoms with van der Waals surface area (Å²) >= 11 is 6.45. The number of hydrogen-bond donors (Lipinski definition) is 3. The number of benzene rings is 2. The van der Waals surface area contributed by atoms with Gasteiger partial charge >= 0.3 is 0 Å². The molecule has 196 valence electrons. The third-order valence-corrected chi connectivity index (χ3v) is 7.69. The largest absolute Gasteiger partial charge is 0.390 e. The predicted octanol–water partition coefficient (Wildman–Crippen LogP) is 3.12. The van der Waals surface area contributed by atoms with Crippen molar-refractivity contribution in [3.63, 3.8) is 0 Å². The highest BCUT2D eigenvalue weighted by Crippen LogP contribution is 2.33. The molecular formula is C28H28ClN5O4. The zero-order valence-corrected chi connectivity index (χ0v) is 21.4. The lowest BCUT2D eigenvalue weighted by atomic mass is 10.0. The molecule has 1 aliphatic carbocycles. The number of carbonyl (C=O) groups excluding carboxylic acids is 2. The van der Waals surface area contributed by atoms with Gasteiger partial charge in [0.25, 0.3) is 5.91 Å². The maximum Gasteiger partial charge on any atom is 0.254 e.